The third kappa shape index (κ3) is 4.40. The number of para-hydroxylation sites is 1. The van der Waals surface area contributed by atoms with E-state index in [1.54, 1.807) is 4.68 Å². The number of hydrogen-bond acceptors (Lipinski definition) is 3. The third-order valence-electron chi connectivity index (χ3n) is 6.92. The minimum atomic E-state index is 0.0398. The summed E-state index contributed by atoms with van der Waals surface area (Å²) < 4.78 is 3.68. The summed E-state index contributed by atoms with van der Waals surface area (Å²) in [6, 6.07) is 20.7. The van der Waals surface area contributed by atoms with Crippen LogP contribution in [0.3, 0.4) is 0 Å². The van der Waals surface area contributed by atoms with Crippen LogP contribution in [0.1, 0.15) is 42.5 Å². The first-order valence-corrected chi connectivity index (χ1v) is 12.0. The van der Waals surface area contributed by atoms with Gasteiger partial charge in [-0.1, -0.05) is 55.5 Å². The predicted molar refractivity (Wildman–Crippen MR) is 134 cm³/mol. The normalized spacial score (nSPS) is 19.9. The van der Waals surface area contributed by atoms with Crippen LogP contribution in [-0.2, 0) is 18.3 Å². The zero-order valence-electron chi connectivity index (χ0n) is 20.0. The highest BCUT2D eigenvalue weighted by Gasteiger charge is 2.34. The number of nitrogens with zero attached hydrogens (tertiary/aromatic N) is 4. The van der Waals surface area contributed by atoms with Crippen molar-refractivity contribution in [3.05, 3.63) is 89.9 Å². The summed E-state index contributed by atoms with van der Waals surface area (Å²) in [5, 5.41) is 12.6. The van der Waals surface area contributed by atoms with Crippen molar-refractivity contribution < 1.29 is 4.79 Å². The van der Waals surface area contributed by atoms with Crippen LogP contribution in [-0.4, -0.2) is 31.5 Å². The molecule has 0 saturated heterocycles. The van der Waals surface area contributed by atoms with Gasteiger partial charge in [-0.05, 0) is 48.9 Å². The van der Waals surface area contributed by atoms with Crippen LogP contribution in [0.2, 0.25) is 0 Å². The Morgan fingerprint density at radius 1 is 1.06 bits per heavy atom. The quantitative estimate of drug-likeness (QED) is 0.455. The van der Waals surface area contributed by atoms with Crippen LogP contribution in [0.25, 0.3) is 16.9 Å². The molecule has 6 nitrogen and oxygen atoms in total. The molecule has 6 heteroatoms. The summed E-state index contributed by atoms with van der Waals surface area (Å²) in [7, 11) is 1.90. The first-order valence-electron chi connectivity index (χ1n) is 12.0. The first-order chi connectivity index (χ1) is 16.5. The van der Waals surface area contributed by atoms with Crippen molar-refractivity contribution in [2.75, 3.05) is 0 Å². The molecule has 1 fully saturated rings. The lowest BCUT2D eigenvalue weighted by atomic mass is 9.93. The van der Waals surface area contributed by atoms with Gasteiger partial charge in [0.1, 0.15) is 0 Å². The van der Waals surface area contributed by atoms with E-state index in [0.29, 0.717) is 11.8 Å². The molecule has 174 valence electrons. The Labute approximate surface area is 200 Å². The molecule has 0 aliphatic heterocycles. The number of carbonyl (C=O) groups is 1. The molecule has 0 bridgehead atoms. The minimum absolute atomic E-state index is 0.0398. The van der Waals surface area contributed by atoms with Gasteiger partial charge in [-0.15, -0.1) is 0 Å². The maximum absolute atomic E-state index is 13.4. The number of aryl methyl sites for hydroxylation is 1. The highest BCUT2D eigenvalue weighted by atomic mass is 16.1. The highest BCUT2D eigenvalue weighted by molar-refractivity contribution is 5.80. The van der Waals surface area contributed by atoms with Crippen molar-refractivity contribution in [3.8, 4) is 16.9 Å². The summed E-state index contributed by atoms with van der Waals surface area (Å²) in [5.74, 6) is 0.980. The summed E-state index contributed by atoms with van der Waals surface area (Å²) in [5.41, 5.74) is 5.97. The molecule has 2 heterocycles. The maximum Gasteiger partial charge on any atom is 0.226 e. The fraction of sp³-hybridized carbons (Fsp3) is 0.321. The molecule has 0 spiro atoms. The number of aromatic nitrogens is 4. The van der Waals surface area contributed by atoms with Crippen LogP contribution < -0.4 is 5.32 Å². The molecule has 2 aromatic heterocycles. The molecule has 34 heavy (non-hydrogen) atoms. The Morgan fingerprint density at radius 3 is 2.44 bits per heavy atom. The van der Waals surface area contributed by atoms with Gasteiger partial charge in [0.15, 0.2) is 0 Å². The SMILES string of the molecule is Cc1c(-c2cnn(C)c2)nn(-c2ccccc2)c1CC(=O)N[C@@H]1CC(C)C[C@H]1c1ccccc1. The Hall–Kier alpha value is -3.67. The second-order valence-electron chi connectivity index (χ2n) is 9.51. The Morgan fingerprint density at radius 2 is 1.76 bits per heavy atom. The molecule has 0 radical (unpaired) electrons. The number of hydrogen-bond donors (Lipinski definition) is 1. The minimum Gasteiger partial charge on any atom is -0.352 e. The third-order valence-corrected chi connectivity index (χ3v) is 6.92. The van der Waals surface area contributed by atoms with Gasteiger partial charge in [-0.25, -0.2) is 4.68 Å². The second-order valence-corrected chi connectivity index (χ2v) is 9.51. The average Bonchev–Trinajstić information content (AvgIpc) is 3.52. The van der Waals surface area contributed by atoms with E-state index in [4.69, 9.17) is 5.10 Å². The van der Waals surface area contributed by atoms with Crippen molar-refractivity contribution >= 4 is 5.91 Å². The van der Waals surface area contributed by atoms with Crippen molar-refractivity contribution in [2.24, 2.45) is 13.0 Å². The first kappa shape index (κ1) is 22.1. The number of carbonyl (C=O) groups excluding carboxylic acids is 1. The van der Waals surface area contributed by atoms with Gasteiger partial charge < -0.3 is 5.32 Å². The van der Waals surface area contributed by atoms with Crippen LogP contribution in [0.15, 0.2) is 73.1 Å². The number of rotatable bonds is 6. The van der Waals surface area contributed by atoms with Crippen molar-refractivity contribution in [3.63, 3.8) is 0 Å². The van der Waals surface area contributed by atoms with E-state index in [-0.39, 0.29) is 18.4 Å². The van der Waals surface area contributed by atoms with Gasteiger partial charge in [0, 0.05) is 30.8 Å². The largest absolute Gasteiger partial charge is 0.352 e. The number of benzene rings is 2. The van der Waals surface area contributed by atoms with Gasteiger partial charge in [0.05, 0.1) is 29.7 Å². The van der Waals surface area contributed by atoms with Gasteiger partial charge in [0.25, 0.3) is 0 Å². The average molecular weight is 454 g/mol. The van der Waals surface area contributed by atoms with Crippen LogP contribution in [0.5, 0.6) is 0 Å². The summed E-state index contributed by atoms with van der Waals surface area (Å²) in [4.78, 5) is 13.4. The molecule has 1 aliphatic carbocycles. The fourth-order valence-corrected chi connectivity index (χ4v) is 5.27. The molecular weight excluding hydrogens is 422 g/mol. The van der Waals surface area contributed by atoms with E-state index in [1.165, 1.54) is 5.56 Å². The van der Waals surface area contributed by atoms with Gasteiger partial charge in [0.2, 0.25) is 5.91 Å². The molecule has 4 aromatic rings. The Bertz CT molecular complexity index is 1270. The predicted octanol–water partition coefficient (Wildman–Crippen LogP) is 4.82. The van der Waals surface area contributed by atoms with Crippen molar-refractivity contribution in [1.82, 2.24) is 24.9 Å². The molecule has 5 rings (SSSR count). The van der Waals surface area contributed by atoms with E-state index in [0.717, 1.165) is 41.0 Å². The highest BCUT2D eigenvalue weighted by Crippen LogP contribution is 2.38. The molecule has 1 aliphatic rings. The number of amides is 1. The molecule has 1 amide bonds. The maximum atomic E-state index is 13.4. The topological polar surface area (TPSA) is 64.7 Å². The van der Waals surface area contributed by atoms with E-state index in [1.807, 2.05) is 67.4 Å². The smallest absolute Gasteiger partial charge is 0.226 e. The van der Waals surface area contributed by atoms with E-state index < -0.39 is 0 Å². The summed E-state index contributed by atoms with van der Waals surface area (Å²) in [6.45, 7) is 4.32. The standard InChI is InChI=1S/C28H31N5O/c1-19-14-24(21-10-6-4-7-11-21)25(15-19)30-27(34)16-26-20(2)28(22-17-29-32(3)18-22)31-33(26)23-12-8-5-9-13-23/h4-13,17-19,24-25H,14-16H2,1-3H3,(H,30,34)/t19?,24-,25+/m0/s1. The van der Waals surface area contributed by atoms with E-state index >= 15 is 0 Å². The molecule has 2 aromatic carbocycles. The monoisotopic (exact) mass is 453 g/mol. The molecular formula is C28H31N5O. The van der Waals surface area contributed by atoms with Gasteiger partial charge >= 0.3 is 0 Å². The molecule has 1 saturated carbocycles. The second kappa shape index (κ2) is 9.29. The zero-order valence-corrected chi connectivity index (χ0v) is 20.0. The lowest BCUT2D eigenvalue weighted by Gasteiger charge is -2.21. The van der Waals surface area contributed by atoms with E-state index in [2.05, 4.69) is 41.6 Å². The molecule has 1 N–H and O–H groups in total. The summed E-state index contributed by atoms with van der Waals surface area (Å²) >= 11 is 0. The number of nitrogens with one attached hydrogen (secondary N) is 1. The van der Waals surface area contributed by atoms with Crippen LogP contribution >= 0.6 is 0 Å². The summed E-state index contributed by atoms with van der Waals surface area (Å²) in [6.07, 6.45) is 6.16. The zero-order chi connectivity index (χ0) is 23.7. The fourth-order valence-electron chi connectivity index (χ4n) is 5.27. The molecule has 1 unspecified atom stereocenters. The Balaban J connectivity index is 1.43. The van der Waals surface area contributed by atoms with Gasteiger partial charge in [-0.3, -0.25) is 9.48 Å². The molecule has 3 atom stereocenters. The van der Waals surface area contributed by atoms with Crippen LogP contribution in [0, 0.1) is 12.8 Å². The Kier molecular flexibility index (Phi) is 6.05. The van der Waals surface area contributed by atoms with E-state index in [9.17, 15) is 4.79 Å². The van der Waals surface area contributed by atoms with Crippen LogP contribution in [0.4, 0.5) is 0 Å². The van der Waals surface area contributed by atoms with Crippen molar-refractivity contribution in [1.29, 1.82) is 0 Å². The van der Waals surface area contributed by atoms with Gasteiger partial charge in [-0.2, -0.15) is 10.2 Å². The lowest BCUT2D eigenvalue weighted by Crippen LogP contribution is -2.38. The lowest BCUT2D eigenvalue weighted by molar-refractivity contribution is -0.121. The van der Waals surface area contributed by atoms with Crippen molar-refractivity contribution in [2.45, 2.75) is 45.1 Å².